The average molecular weight is 423 g/mol. The second-order valence-electron chi connectivity index (χ2n) is 7.47. The van der Waals surface area contributed by atoms with E-state index in [1.54, 1.807) is 30.3 Å². The molecule has 160 valence electrons. The van der Waals surface area contributed by atoms with E-state index in [0.717, 1.165) is 31.0 Å². The SMILES string of the molecule is CC1CN(c2cc(Oc3cccc(F)c3)ncn2)CCN1Cc1cccc([N+](=O)[O-])c1. The molecule has 1 aliphatic heterocycles. The monoisotopic (exact) mass is 423 g/mol. The summed E-state index contributed by atoms with van der Waals surface area (Å²) in [6.45, 7) is 5.04. The Morgan fingerprint density at radius 2 is 2.00 bits per heavy atom. The van der Waals surface area contributed by atoms with E-state index in [0.29, 0.717) is 18.2 Å². The first-order chi connectivity index (χ1) is 15.0. The Labute approximate surface area is 179 Å². The zero-order chi connectivity index (χ0) is 21.8. The van der Waals surface area contributed by atoms with E-state index >= 15 is 0 Å². The molecule has 9 heteroatoms. The van der Waals surface area contributed by atoms with E-state index in [1.807, 2.05) is 6.07 Å². The normalized spacial score (nSPS) is 16.8. The molecule has 0 radical (unpaired) electrons. The summed E-state index contributed by atoms with van der Waals surface area (Å²) in [6, 6.07) is 14.6. The molecule has 1 saturated heterocycles. The van der Waals surface area contributed by atoms with Gasteiger partial charge in [0, 0.05) is 56.5 Å². The lowest BCUT2D eigenvalue weighted by atomic mass is 10.1. The Bertz CT molecular complexity index is 1080. The molecule has 4 rings (SSSR count). The van der Waals surface area contributed by atoms with Crippen molar-refractivity contribution in [2.45, 2.75) is 19.5 Å². The molecule has 0 spiro atoms. The van der Waals surface area contributed by atoms with Gasteiger partial charge in [-0.15, -0.1) is 0 Å². The van der Waals surface area contributed by atoms with Gasteiger partial charge in [0.2, 0.25) is 5.88 Å². The highest BCUT2D eigenvalue weighted by Crippen LogP contribution is 2.25. The van der Waals surface area contributed by atoms with Crippen LogP contribution < -0.4 is 9.64 Å². The maximum absolute atomic E-state index is 13.4. The number of anilines is 1. The first kappa shape index (κ1) is 20.7. The van der Waals surface area contributed by atoms with Crippen molar-refractivity contribution < 1.29 is 14.1 Å². The predicted octanol–water partition coefficient (Wildman–Crippen LogP) is 4.03. The Balaban J connectivity index is 1.40. The van der Waals surface area contributed by atoms with Crippen LogP contribution in [0.5, 0.6) is 11.6 Å². The molecule has 1 unspecified atom stereocenters. The molecule has 1 fully saturated rings. The van der Waals surface area contributed by atoms with Crippen LogP contribution in [0.15, 0.2) is 60.9 Å². The third-order valence-corrected chi connectivity index (χ3v) is 5.24. The number of benzene rings is 2. The second-order valence-corrected chi connectivity index (χ2v) is 7.47. The van der Waals surface area contributed by atoms with Crippen LogP contribution in [0.1, 0.15) is 12.5 Å². The van der Waals surface area contributed by atoms with E-state index in [2.05, 4.69) is 26.7 Å². The molecular weight excluding hydrogens is 401 g/mol. The molecule has 8 nitrogen and oxygen atoms in total. The minimum atomic E-state index is -0.375. The number of non-ortho nitro benzene ring substituents is 1. The lowest BCUT2D eigenvalue weighted by Crippen LogP contribution is -2.51. The van der Waals surface area contributed by atoms with Crippen LogP contribution in [0.3, 0.4) is 0 Å². The van der Waals surface area contributed by atoms with Gasteiger partial charge in [0.05, 0.1) is 4.92 Å². The number of halogens is 1. The van der Waals surface area contributed by atoms with Crippen molar-refractivity contribution in [3.05, 3.63) is 82.4 Å². The fraction of sp³-hybridized carbons (Fsp3) is 0.273. The molecule has 3 aromatic rings. The third-order valence-electron chi connectivity index (χ3n) is 5.24. The van der Waals surface area contributed by atoms with E-state index in [-0.39, 0.29) is 22.5 Å². The number of piperazine rings is 1. The third kappa shape index (κ3) is 5.13. The van der Waals surface area contributed by atoms with Crippen LogP contribution in [0.4, 0.5) is 15.9 Å². The van der Waals surface area contributed by atoms with Crippen molar-refractivity contribution >= 4 is 11.5 Å². The number of nitro groups is 1. The largest absolute Gasteiger partial charge is 0.439 e. The highest BCUT2D eigenvalue weighted by atomic mass is 19.1. The summed E-state index contributed by atoms with van der Waals surface area (Å²) in [4.78, 5) is 23.6. The van der Waals surface area contributed by atoms with Crippen LogP contribution in [0.2, 0.25) is 0 Å². The first-order valence-electron chi connectivity index (χ1n) is 9.96. The minimum Gasteiger partial charge on any atom is -0.439 e. The standard InChI is InChI=1S/C22H22FN5O3/c1-16-13-27(9-8-26(16)14-17-4-2-6-19(10-17)28(29)30)21-12-22(25-15-24-21)31-20-7-3-5-18(23)11-20/h2-7,10-12,15-16H,8-9,13-14H2,1H3. The molecule has 1 aliphatic rings. The summed E-state index contributed by atoms with van der Waals surface area (Å²) in [5.74, 6) is 1.09. The van der Waals surface area contributed by atoms with Gasteiger partial charge in [0.25, 0.3) is 5.69 Å². The van der Waals surface area contributed by atoms with Gasteiger partial charge in [-0.05, 0) is 24.6 Å². The smallest absolute Gasteiger partial charge is 0.269 e. The van der Waals surface area contributed by atoms with Crippen molar-refractivity contribution in [3.8, 4) is 11.6 Å². The van der Waals surface area contributed by atoms with Gasteiger partial charge in [0.1, 0.15) is 23.7 Å². The fourth-order valence-electron chi connectivity index (χ4n) is 3.65. The zero-order valence-corrected chi connectivity index (χ0v) is 17.0. The molecule has 0 amide bonds. The summed E-state index contributed by atoms with van der Waals surface area (Å²) in [7, 11) is 0. The number of hydrogen-bond acceptors (Lipinski definition) is 7. The number of aromatic nitrogens is 2. The van der Waals surface area contributed by atoms with Crippen LogP contribution in [0.25, 0.3) is 0 Å². The van der Waals surface area contributed by atoms with Gasteiger partial charge in [-0.1, -0.05) is 18.2 Å². The van der Waals surface area contributed by atoms with Crippen LogP contribution in [-0.4, -0.2) is 45.5 Å². The quantitative estimate of drug-likeness (QED) is 0.437. The summed E-state index contributed by atoms with van der Waals surface area (Å²) in [6.07, 6.45) is 1.43. The molecule has 0 aliphatic carbocycles. The van der Waals surface area contributed by atoms with Gasteiger partial charge < -0.3 is 9.64 Å². The number of rotatable bonds is 6. The Hall–Kier alpha value is -3.59. The summed E-state index contributed by atoms with van der Waals surface area (Å²) in [5, 5.41) is 11.0. The Morgan fingerprint density at radius 3 is 2.77 bits per heavy atom. The molecule has 0 N–H and O–H groups in total. The van der Waals surface area contributed by atoms with Gasteiger partial charge in [-0.3, -0.25) is 15.0 Å². The minimum absolute atomic E-state index is 0.107. The number of ether oxygens (including phenoxy) is 1. The molecule has 31 heavy (non-hydrogen) atoms. The number of hydrogen-bond donors (Lipinski definition) is 0. The summed E-state index contributed by atoms with van der Waals surface area (Å²) in [5.41, 5.74) is 1.03. The highest BCUT2D eigenvalue weighted by Gasteiger charge is 2.25. The molecular formula is C22H22FN5O3. The molecule has 2 aromatic carbocycles. The molecule has 0 saturated carbocycles. The van der Waals surface area contributed by atoms with Crippen molar-refractivity contribution in [1.29, 1.82) is 0 Å². The van der Waals surface area contributed by atoms with Crippen molar-refractivity contribution in [2.24, 2.45) is 0 Å². The maximum atomic E-state index is 13.4. The summed E-state index contributed by atoms with van der Waals surface area (Å²) >= 11 is 0. The van der Waals surface area contributed by atoms with E-state index in [4.69, 9.17) is 4.74 Å². The van der Waals surface area contributed by atoms with E-state index in [1.165, 1.54) is 24.5 Å². The second kappa shape index (κ2) is 9.05. The van der Waals surface area contributed by atoms with Gasteiger partial charge in [-0.25, -0.2) is 14.4 Å². The lowest BCUT2D eigenvalue weighted by molar-refractivity contribution is -0.384. The van der Waals surface area contributed by atoms with E-state index < -0.39 is 0 Å². The average Bonchev–Trinajstić information content (AvgIpc) is 2.75. The predicted molar refractivity (Wildman–Crippen MR) is 114 cm³/mol. The highest BCUT2D eigenvalue weighted by molar-refractivity contribution is 5.43. The van der Waals surface area contributed by atoms with Gasteiger partial charge in [0.15, 0.2) is 0 Å². The maximum Gasteiger partial charge on any atom is 0.269 e. The van der Waals surface area contributed by atoms with E-state index in [9.17, 15) is 14.5 Å². The van der Waals surface area contributed by atoms with Crippen LogP contribution >= 0.6 is 0 Å². The molecule has 1 atom stereocenters. The topological polar surface area (TPSA) is 84.6 Å². The van der Waals surface area contributed by atoms with Crippen LogP contribution in [-0.2, 0) is 6.54 Å². The Morgan fingerprint density at radius 1 is 1.16 bits per heavy atom. The molecule has 0 bridgehead atoms. The van der Waals surface area contributed by atoms with Crippen LogP contribution in [0, 0.1) is 15.9 Å². The summed E-state index contributed by atoms with van der Waals surface area (Å²) < 4.78 is 19.0. The number of nitro benzene ring substituents is 1. The van der Waals surface area contributed by atoms with Crippen molar-refractivity contribution in [2.75, 3.05) is 24.5 Å². The fourth-order valence-corrected chi connectivity index (χ4v) is 3.65. The number of nitrogens with zero attached hydrogens (tertiary/aromatic N) is 5. The molecule has 2 heterocycles. The lowest BCUT2D eigenvalue weighted by Gasteiger charge is -2.40. The van der Waals surface area contributed by atoms with Gasteiger partial charge >= 0.3 is 0 Å². The molecule has 1 aromatic heterocycles. The first-order valence-corrected chi connectivity index (χ1v) is 9.96. The van der Waals surface area contributed by atoms with Crippen molar-refractivity contribution in [3.63, 3.8) is 0 Å². The van der Waals surface area contributed by atoms with Gasteiger partial charge in [-0.2, -0.15) is 0 Å². The Kier molecular flexibility index (Phi) is 6.03. The van der Waals surface area contributed by atoms with Crippen molar-refractivity contribution in [1.82, 2.24) is 14.9 Å². The zero-order valence-electron chi connectivity index (χ0n) is 17.0.